The Balaban J connectivity index is 1.91. The summed E-state index contributed by atoms with van der Waals surface area (Å²) < 4.78 is 0. The van der Waals surface area contributed by atoms with Crippen molar-refractivity contribution in [3.8, 4) is 0 Å². The van der Waals surface area contributed by atoms with E-state index < -0.39 is 0 Å². The second-order valence-corrected chi connectivity index (χ2v) is 5.99. The minimum Gasteiger partial charge on any atom is -0.305 e. The maximum atomic E-state index is 12.6. The third-order valence-electron chi connectivity index (χ3n) is 4.65. The number of nitrogens with one attached hydrogen (secondary N) is 1. The first-order valence-electron chi connectivity index (χ1n) is 7.55. The van der Waals surface area contributed by atoms with Gasteiger partial charge in [-0.3, -0.25) is 4.79 Å². The van der Waals surface area contributed by atoms with E-state index in [0.717, 1.165) is 32.2 Å². The SMILES string of the molecule is CCCC1(C(=O)CC2CCCCC2)CCCN1. The lowest BCUT2D eigenvalue weighted by molar-refractivity contribution is -0.126. The Morgan fingerprint density at radius 1 is 1.24 bits per heavy atom. The van der Waals surface area contributed by atoms with Gasteiger partial charge < -0.3 is 5.32 Å². The molecule has 0 spiro atoms. The molecule has 0 aromatic carbocycles. The van der Waals surface area contributed by atoms with Crippen molar-refractivity contribution in [3.05, 3.63) is 0 Å². The molecule has 0 aromatic heterocycles. The Morgan fingerprint density at radius 2 is 2.00 bits per heavy atom. The van der Waals surface area contributed by atoms with E-state index in [1.54, 1.807) is 0 Å². The lowest BCUT2D eigenvalue weighted by Crippen LogP contribution is -2.48. The van der Waals surface area contributed by atoms with Gasteiger partial charge in [-0.05, 0) is 31.7 Å². The van der Waals surface area contributed by atoms with Gasteiger partial charge in [0.15, 0.2) is 5.78 Å². The Hall–Kier alpha value is -0.370. The summed E-state index contributed by atoms with van der Waals surface area (Å²) in [6, 6.07) is 0. The highest BCUT2D eigenvalue weighted by Gasteiger charge is 2.40. The summed E-state index contributed by atoms with van der Waals surface area (Å²) in [5.74, 6) is 1.20. The third kappa shape index (κ3) is 3.09. The molecule has 0 amide bonds. The molecule has 1 saturated heterocycles. The number of hydrogen-bond donors (Lipinski definition) is 1. The van der Waals surface area contributed by atoms with Crippen molar-refractivity contribution in [1.29, 1.82) is 0 Å². The van der Waals surface area contributed by atoms with E-state index >= 15 is 0 Å². The first kappa shape index (κ1) is 13.1. The van der Waals surface area contributed by atoms with Crippen LogP contribution in [0, 0.1) is 5.92 Å². The molecule has 0 aromatic rings. The molecule has 98 valence electrons. The highest BCUT2D eigenvalue weighted by Crippen LogP contribution is 2.32. The fourth-order valence-electron chi connectivity index (χ4n) is 3.67. The fourth-order valence-corrected chi connectivity index (χ4v) is 3.67. The van der Waals surface area contributed by atoms with E-state index in [0.29, 0.717) is 11.7 Å². The number of ketones is 1. The van der Waals surface area contributed by atoms with E-state index in [-0.39, 0.29) is 5.54 Å². The molecule has 2 fully saturated rings. The maximum absolute atomic E-state index is 12.6. The molecule has 2 heteroatoms. The fraction of sp³-hybridized carbons (Fsp3) is 0.933. The molecule has 17 heavy (non-hydrogen) atoms. The molecule has 2 nitrogen and oxygen atoms in total. The summed E-state index contributed by atoms with van der Waals surface area (Å²) in [7, 11) is 0. The highest BCUT2D eigenvalue weighted by molar-refractivity contribution is 5.89. The van der Waals surface area contributed by atoms with Gasteiger partial charge in [0.05, 0.1) is 5.54 Å². The topological polar surface area (TPSA) is 29.1 Å². The van der Waals surface area contributed by atoms with Crippen molar-refractivity contribution in [2.45, 2.75) is 76.7 Å². The van der Waals surface area contributed by atoms with Crippen LogP contribution in [0.2, 0.25) is 0 Å². The highest BCUT2D eigenvalue weighted by atomic mass is 16.1. The summed E-state index contributed by atoms with van der Waals surface area (Å²) in [5.41, 5.74) is -0.133. The summed E-state index contributed by atoms with van der Waals surface area (Å²) in [4.78, 5) is 12.6. The van der Waals surface area contributed by atoms with Gasteiger partial charge in [-0.25, -0.2) is 0 Å². The zero-order chi connectivity index (χ0) is 12.1. The van der Waals surface area contributed by atoms with E-state index in [9.17, 15) is 4.79 Å². The lowest BCUT2D eigenvalue weighted by Gasteiger charge is -2.30. The van der Waals surface area contributed by atoms with Crippen LogP contribution in [0.5, 0.6) is 0 Å². The molecule has 1 N–H and O–H groups in total. The van der Waals surface area contributed by atoms with Crippen LogP contribution in [0.4, 0.5) is 0 Å². The number of hydrogen-bond acceptors (Lipinski definition) is 2. The standard InChI is InChI=1S/C15H27NO/c1-2-9-15(10-6-11-16-15)14(17)12-13-7-4-3-5-8-13/h13,16H,2-12H2,1H3. The second-order valence-electron chi connectivity index (χ2n) is 5.99. The first-order chi connectivity index (χ1) is 8.27. The molecule has 2 rings (SSSR count). The average molecular weight is 237 g/mol. The minimum absolute atomic E-state index is 0.133. The van der Waals surface area contributed by atoms with Crippen LogP contribution >= 0.6 is 0 Å². The van der Waals surface area contributed by atoms with Crippen LogP contribution in [0.3, 0.4) is 0 Å². The van der Waals surface area contributed by atoms with Crippen molar-refractivity contribution < 1.29 is 4.79 Å². The van der Waals surface area contributed by atoms with Crippen LogP contribution in [0.1, 0.15) is 71.1 Å². The van der Waals surface area contributed by atoms with Crippen LogP contribution in [0.25, 0.3) is 0 Å². The van der Waals surface area contributed by atoms with E-state index in [1.807, 2.05) is 0 Å². The van der Waals surface area contributed by atoms with Crippen molar-refractivity contribution >= 4 is 5.78 Å². The van der Waals surface area contributed by atoms with Gasteiger partial charge in [0.2, 0.25) is 0 Å². The quantitative estimate of drug-likeness (QED) is 0.793. The van der Waals surface area contributed by atoms with Crippen molar-refractivity contribution in [2.24, 2.45) is 5.92 Å². The summed E-state index contributed by atoms with van der Waals surface area (Å²) in [6.07, 6.45) is 11.9. The van der Waals surface area contributed by atoms with E-state index in [1.165, 1.54) is 38.5 Å². The third-order valence-corrected chi connectivity index (χ3v) is 4.65. The monoisotopic (exact) mass is 237 g/mol. The first-order valence-corrected chi connectivity index (χ1v) is 7.55. The van der Waals surface area contributed by atoms with Crippen molar-refractivity contribution in [3.63, 3.8) is 0 Å². The number of carbonyl (C=O) groups excluding carboxylic acids is 1. The van der Waals surface area contributed by atoms with E-state index in [2.05, 4.69) is 12.2 Å². The van der Waals surface area contributed by atoms with Gasteiger partial charge in [-0.15, -0.1) is 0 Å². The number of rotatable bonds is 5. The molecule has 1 unspecified atom stereocenters. The second kappa shape index (κ2) is 5.99. The largest absolute Gasteiger partial charge is 0.305 e. The Bertz CT molecular complexity index is 250. The van der Waals surface area contributed by atoms with Crippen LogP contribution in [-0.2, 0) is 4.79 Å². The Morgan fingerprint density at radius 3 is 2.59 bits per heavy atom. The molecule has 1 saturated carbocycles. The minimum atomic E-state index is -0.133. The van der Waals surface area contributed by atoms with Gasteiger partial charge in [-0.1, -0.05) is 45.4 Å². The summed E-state index contributed by atoms with van der Waals surface area (Å²) in [5, 5.41) is 3.51. The predicted octanol–water partition coefficient (Wildman–Crippen LogP) is 3.45. The Kier molecular flexibility index (Phi) is 4.61. The summed E-state index contributed by atoms with van der Waals surface area (Å²) in [6.45, 7) is 3.23. The molecule has 0 bridgehead atoms. The van der Waals surface area contributed by atoms with Gasteiger partial charge in [0.25, 0.3) is 0 Å². The molecule has 0 radical (unpaired) electrons. The van der Waals surface area contributed by atoms with Crippen molar-refractivity contribution in [1.82, 2.24) is 5.32 Å². The predicted molar refractivity (Wildman–Crippen MR) is 71.1 cm³/mol. The molecule has 1 atom stereocenters. The molecular weight excluding hydrogens is 210 g/mol. The van der Waals surface area contributed by atoms with Crippen molar-refractivity contribution in [2.75, 3.05) is 6.54 Å². The smallest absolute Gasteiger partial charge is 0.153 e. The zero-order valence-electron chi connectivity index (χ0n) is 11.3. The molecular formula is C15H27NO. The molecule has 2 aliphatic rings. The van der Waals surface area contributed by atoms with E-state index in [4.69, 9.17) is 0 Å². The average Bonchev–Trinajstić information content (AvgIpc) is 2.81. The zero-order valence-corrected chi connectivity index (χ0v) is 11.3. The molecule has 1 heterocycles. The van der Waals surface area contributed by atoms with Gasteiger partial charge in [0, 0.05) is 6.42 Å². The van der Waals surface area contributed by atoms with Crippen LogP contribution in [-0.4, -0.2) is 17.9 Å². The summed E-state index contributed by atoms with van der Waals surface area (Å²) >= 11 is 0. The molecule has 1 aliphatic heterocycles. The normalized spacial score (nSPS) is 30.6. The maximum Gasteiger partial charge on any atom is 0.153 e. The number of Topliss-reactive ketones (excluding diaryl/α,β-unsaturated/α-hetero) is 1. The van der Waals surface area contributed by atoms with Gasteiger partial charge in [-0.2, -0.15) is 0 Å². The van der Waals surface area contributed by atoms with Crippen LogP contribution < -0.4 is 5.32 Å². The lowest BCUT2D eigenvalue weighted by atomic mass is 9.79. The Labute approximate surface area is 106 Å². The van der Waals surface area contributed by atoms with Gasteiger partial charge >= 0.3 is 0 Å². The number of carbonyl (C=O) groups is 1. The van der Waals surface area contributed by atoms with Gasteiger partial charge in [0.1, 0.15) is 0 Å². The van der Waals surface area contributed by atoms with Crippen LogP contribution in [0.15, 0.2) is 0 Å². The molecule has 1 aliphatic carbocycles.